The SMILES string of the molecule is COc1cc(-n2cnc(C(=O)O)c2)c(Br)cc1Br. The van der Waals surface area contributed by atoms with Crippen molar-refractivity contribution in [3.05, 3.63) is 39.3 Å². The van der Waals surface area contributed by atoms with E-state index < -0.39 is 5.97 Å². The number of hydrogen-bond acceptors (Lipinski definition) is 3. The number of carboxylic acids is 1. The average molecular weight is 376 g/mol. The minimum Gasteiger partial charge on any atom is -0.495 e. The highest BCUT2D eigenvalue weighted by atomic mass is 79.9. The quantitative estimate of drug-likeness (QED) is 0.895. The zero-order chi connectivity index (χ0) is 13.3. The van der Waals surface area contributed by atoms with Crippen LogP contribution in [-0.4, -0.2) is 27.7 Å². The van der Waals surface area contributed by atoms with Crippen molar-refractivity contribution in [2.45, 2.75) is 0 Å². The second kappa shape index (κ2) is 5.11. The summed E-state index contributed by atoms with van der Waals surface area (Å²) in [6.45, 7) is 0. The first-order valence-corrected chi connectivity index (χ1v) is 6.42. The van der Waals surface area contributed by atoms with Gasteiger partial charge in [-0.25, -0.2) is 9.78 Å². The largest absolute Gasteiger partial charge is 0.495 e. The molecule has 7 heteroatoms. The third-order valence-corrected chi connectivity index (χ3v) is 3.56. The number of nitrogens with zero attached hydrogens (tertiary/aromatic N) is 2. The molecule has 1 aromatic carbocycles. The topological polar surface area (TPSA) is 64.4 Å². The molecule has 0 bridgehead atoms. The average Bonchev–Trinajstić information content (AvgIpc) is 2.78. The van der Waals surface area contributed by atoms with Crippen LogP contribution < -0.4 is 4.74 Å². The molecule has 18 heavy (non-hydrogen) atoms. The van der Waals surface area contributed by atoms with Gasteiger partial charge < -0.3 is 14.4 Å². The monoisotopic (exact) mass is 374 g/mol. The minimum atomic E-state index is -1.06. The van der Waals surface area contributed by atoms with Crippen molar-refractivity contribution in [2.24, 2.45) is 0 Å². The van der Waals surface area contributed by atoms with Crippen LogP contribution in [0, 0.1) is 0 Å². The normalized spacial score (nSPS) is 10.4. The highest BCUT2D eigenvalue weighted by Gasteiger charge is 2.12. The summed E-state index contributed by atoms with van der Waals surface area (Å²) in [4.78, 5) is 14.6. The molecule has 2 aromatic rings. The summed E-state index contributed by atoms with van der Waals surface area (Å²) in [7, 11) is 1.56. The molecule has 0 aliphatic carbocycles. The molecule has 0 spiro atoms. The summed E-state index contributed by atoms with van der Waals surface area (Å²) < 4.78 is 8.41. The van der Waals surface area contributed by atoms with Gasteiger partial charge in [-0.2, -0.15) is 0 Å². The van der Waals surface area contributed by atoms with Gasteiger partial charge in [-0.3, -0.25) is 0 Å². The van der Waals surface area contributed by atoms with E-state index in [4.69, 9.17) is 9.84 Å². The van der Waals surface area contributed by atoms with Gasteiger partial charge in [0.2, 0.25) is 0 Å². The minimum absolute atomic E-state index is 0.0104. The maximum Gasteiger partial charge on any atom is 0.356 e. The number of imidazole rings is 1. The van der Waals surface area contributed by atoms with Crippen LogP contribution in [0.5, 0.6) is 5.75 Å². The highest BCUT2D eigenvalue weighted by molar-refractivity contribution is 9.11. The van der Waals surface area contributed by atoms with Crippen LogP contribution in [-0.2, 0) is 0 Å². The van der Waals surface area contributed by atoms with E-state index in [1.54, 1.807) is 17.7 Å². The third-order valence-electron chi connectivity index (χ3n) is 2.30. The van der Waals surface area contributed by atoms with E-state index in [0.29, 0.717) is 5.75 Å². The first-order valence-electron chi connectivity index (χ1n) is 4.83. The van der Waals surface area contributed by atoms with Crippen LogP contribution >= 0.6 is 31.9 Å². The Morgan fingerprint density at radius 2 is 2.11 bits per heavy atom. The summed E-state index contributed by atoms with van der Waals surface area (Å²) in [6.07, 6.45) is 2.88. The molecule has 1 aromatic heterocycles. The Hall–Kier alpha value is -1.34. The molecule has 0 amide bonds. The number of benzene rings is 1. The number of rotatable bonds is 3. The second-order valence-electron chi connectivity index (χ2n) is 3.41. The fraction of sp³-hybridized carbons (Fsp3) is 0.0909. The molecule has 94 valence electrons. The highest BCUT2D eigenvalue weighted by Crippen LogP contribution is 2.33. The van der Waals surface area contributed by atoms with Crippen molar-refractivity contribution in [1.29, 1.82) is 0 Å². The fourth-order valence-corrected chi connectivity index (χ4v) is 2.80. The Bertz CT molecular complexity index is 610. The molecule has 2 rings (SSSR count). The summed E-state index contributed by atoms with van der Waals surface area (Å²) in [6, 6.07) is 3.61. The molecule has 0 fully saturated rings. The molecule has 1 heterocycles. The Morgan fingerprint density at radius 3 is 2.67 bits per heavy atom. The maximum absolute atomic E-state index is 10.8. The predicted molar refractivity (Wildman–Crippen MR) is 72.5 cm³/mol. The zero-order valence-corrected chi connectivity index (χ0v) is 12.4. The zero-order valence-electron chi connectivity index (χ0n) is 9.22. The van der Waals surface area contributed by atoms with E-state index in [-0.39, 0.29) is 5.69 Å². The number of ether oxygens (including phenoxy) is 1. The molecular formula is C11H8Br2N2O3. The summed E-state index contributed by atoms with van der Waals surface area (Å²) in [5.41, 5.74) is 0.735. The lowest BCUT2D eigenvalue weighted by Crippen LogP contribution is -1.97. The van der Waals surface area contributed by atoms with Gasteiger partial charge in [-0.05, 0) is 37.9 Å². The Morgan fingerprint density at radius 1 is 1.39 bits per heavy atom. The van der Waals surface area contributed by atoms with Crippen molar-refractivity contribution in [1.82, 2.24) is 9.55 Å². The lowest BCUT2D eigenvalue weighted by Gasteiger charge is -2.09. The summed E-state index contributed by atoms with van der Waals surface area (Å²) >= 11 is 6.78. The van der Waals surface area contributed by atoms with E-state index in [9.17, 15) is 4.79 Å². The van der Waals surface area contributed by atoms with Gasteiger partial charge in [-0.1, -0.05) is 0 Å². The number of carbonyl (C=O) groups is 1. The van der Waals surface area contributed by atoms with E-state index in [0.717, 1.165) is 14.6 Å². The van der Waals surface area contributed by atoms with Crippen molar-refractivity contribution in [3.63, 3.8) is 0 Å². The van der Waals surface area contributed by atoms with Crippen LogP contribution in [0.1, 0.15) is 10.5 Å². The first kappa shape index (κ1) is 13.1. The standard InChI is InChI=1S/C11H8Br2N2O3/c1-18-10-3-9(6(12)2-7(10)13)15-4-8(11(16)17)14-5-15/h2-5H,1H3,(H,16,17). The molecule has 0 aliphatic heterocycles. The van der Waals surface area contributed by atoms with Gasteiger partial charge in [0.1, 0.15) is 12.1 Å². The van der Waals surface area contributed by atoms with Gasteiger partial charge in [0.25, 0.3) is 0 Å². The van der Waals surface area contributed by atoms with Crippen LogP contribution in [0.4, 0.5) is 0 Å². The van der Waals surface area contributed by atoms with Crippen molar-refractivity contribution >= 4 is 37.8 Å². The van der Waals surface area contributed by atoms with Crippen molar-refractivity contribution in [3.8, 4) is 11.4 Å². The number of aromatic carboxylic acids is 1. The Kier molecular flexibility index (Phi) is 3.72. The van der Waals surface area contributed by atoms with Crippen LogP contribution in [0.3, 0.4) is 0 Å². The van der Waals surface area contributed by atoms with E-state index >= 15 is 0 Å². The van der Waals surface area contributed by atoms with Crippen LogP contribution in [0.25, 0.3) is 5.69 Å². The first-order chi connectivity index (χ1) is 8.52. The fourth-order valence-electron chi connectivity index (χ4n) is 1.44. The summed E-state index contributed by atoms with van der Waals surface area (Å²) in [5.74, 6) is -0.410. The van der Waals surface area contributed by atoms with Crippen LogP contribution in [0.2, 0.25) is 0 Å². The number of carboxylic acid groups (broad SMARTS) is 1. The molecule has 0 atom stereocenters. The molecule has 0 unspecified atom stereocenters. The molecule has 0 saturated carbocycles. The van der Waals surface area contributed by atoms with Gasteiger partial charge in [0.15, 0.2) is 5.69 Å². The van der Waals surface area contributed by atoms with Crippen LogP contribution in [0.15, 0.2) is 33.6 Å². The van der Waals surface area contributed by atoms with E-state index in [2.05, 4.69) is 36.8 Å². The molecule has 1 N–H and O–H groups in total. The Balaban J connectivity index is 2.52. The predicted octanol–water partition coefficient (Wildman–Crippen LogP) is 3.10. The number of methoxy groups -OCH3 is 1. The molecule has 5 nitrogen and oxygen atoms in total. The lowest BCUT2D eigenvalue weighted by molar-refractivity contribution is 0.0691. The van der Waals surface area contributed by atoms with Gasteiger partial charge in [0.05, 0.1) is 17.3 Å². The smallest absolute Gasteiger partial charge is 0.356 e. The third kappa shape index (κ3) is 2.41. The summed E-state index contributed by atoms with van der Waals surface area (Å²) in [5, 5.41) is 8.84. The maximum atomic E-state index is 10.8. The number of hydrogen-bond donors (Lipinski definition) is 1. The van der Waals surface area contributed by atoms with Gasteiger partial charge >= 0.3 is 5.97 Å². The Labute approximate surface area is 120 Å². The number of aromatic nitrogens is 2. The van der Waals surface area contributed by atoms with Crippen molar-refractivity contribution in [2.75, 3.05) is 7.11 Å². The number of halogens is 2. The second-order valence-corrected chi connectivity index (χ2v) is 5.12. The van der Waals surface area contributed by atoms with Gasteiger partial charge in [-0.15, -0.1) is 0 Å². The molecular weight excluding hydrogens is 368 g/mol. The van der Waals surface area contributed by atoms with Gasteiger partial charge in [0, 0.05) is 16.7 Å². The molecule has 0 radical (unpaired) electrons. The lowest BCUT2D eigenvalue weighted by atomic mass is 10.3. The molecule has 0 saturated heterocycles. The van der Waals surface area contributed by atoms with E-state index in [1.165, 1.54) is 12.5 Å². The van der Waals surface area contributed by atoms with Crippen molar-refractivity contribution < 1.29 is 14.6 Å². The molecule has 0 aliphatic rings. The van der Waals surface area contributed by atoms with E-state index in [1.807, 2.05) is 6.07 Å².